The first-order chi connectivity index (χ1) is 8.88. The lowest BCUT2D eigenvalue weighted by Gasteiger charge is -2.04. The highest BCUT2D eigenvalue weighted by molar-refractivity contribution is 5.63. The summed E-state index contributed by atoms with van der Waals surface area (Å²) < 4.78 is 4.95. The third-order valence-corrected chi connectivity index (χ3v) is 3.41. The average Bonchev–Trinajstić information content (AvgIpc) is 3.20. The summed E-state index contributed by atoms with van der Waals surface area (Å²) in [5.74, 6) is 0.389. The smallest absolute Gasteiger partial charge is 0.293 e. The highest BCUT2D eigenvalue weighted by atomic mass is 16.5. The molecule has 1 aliphatic carbocycles. The van der Waals surface area contributed by atoms with Gasteiger partial charge in [0.1, 0.15) is 6.10 Å². The van der Waals surface area contributed by atoms with E-state index in [1.807, 2.05) is 18.2 Å². The Hall–Kier alpha value is -2.09. The van der Waals surface area contributed by atoms with Crippen LogP contribution in [-0.4, -0.2) is 12.6 Å². The van der Waals surface area contributed by atoms with E-state index in [1.165, 1.54) is 16.7 Å². The van der Waals surface area contributed by atoms with Crippen molar-refractivity contribution >= 4 is 6.47 Å². The van der Waals surface area contributed by atoms with Gasteiger partial charge in [0.15, 0.2) is 0 Å². The first-order valence-electron chi connectivity index (χ1n) is 6.13. The molecule has 1 fully saturated rings. The maximum atomic E-state index is 10.2. The Morgan fingerprint density at radius 1 is 0.944 bits per heavy atom. The van der Waals surface area contributed by atoms with Gasteiger partial charge >= 0.3 is 0 Å². The first-order valence-corrected chi connectivity index (χ1v) is 6.13. The van der Waals surface area contributed by atoms with Crippen LogP contribution in [0.3, 0.4) is 0 Å². The molecule has 0 radical (unpaired) electrons. The fourth-order valence-electron chi connectivity index (χ4n) is 2.30. The van der Waals surface area contributed by atoms with Gasteiger partial charge < -0.3 is 4.74 Å². The molecule has 1 aliphatic rings. The summed E-state index contributed by atoms with van der Waals surface area (Å²) in [6.07, 6.45) is 1.04. The van der Waals surface area contributed by atoms with Crippen LogP contribution in [0.4, 0.5) is 0 Å². The lowest BCUT2D eigenvalue weighted by atomic mass is 10.0. The third-order valence-electron chi connectivity index (χ3n) is 3.41. The van der Waals surface area contributed by atoms with E-state index in [1.54, 1.807) is 0 Å². The molecular weight excluding hydrogens is 224 g/mol. The van der Waals surface area contributed by atoms with Crippen molar-refractivity contribution in [2.24, 2.45) is 0 Å². The van der Waals surface area contributed by atoms with E-state index in [0.717, 1.165) is 6.42 Å². The monoisotopic (exact) mass is 238 g/mol. The summed E-state index contributed by atoms with van der Waals surface area (Å²) in [7, 11) is 0. The molecule has 1 unspecified atom stereocenters. The van der Waals surface area contributed by atoms with Crippen LogP contribution in [0.1, 0.15) is 17.9 Å². The molecule has 0 saturated heterocycles. The van der Waals surface area contributed by atoms with E-state index in [9.17, 15) is 4.79 Å². The molecular formula is C16H14O2. The molecule has 0 heterocycles. The van der Waals surface area contributed by atoms with Crippen molar-refractivity contribution in [2.75, 3.05) is 0 Å². The van der Waals surface area contributed by atoms with E-state index < -0.39 is 0 Å². The van der Waals surface area contributed by atoms with Crippen LogP contribution in [0.25, 0.3) is 11.1 Å². The molecule has 0 amide bonds. The van der Waals surface area contributed by atoms with Crippen LogP contribution in [0, 0.1) is 0 Å². The number of carbonyl (C=O) groups excluding carboxylic acids is 1. The predicted molar refractivity (Wildman–Crippen MR) is 70.2 cm³/mol. The second kappa shape index (κ2) is 4.65. The summed E-state index contributed by atoms with van der Waals surface area (Å²) >= 11 is 0. The van der Waals surface area contributed by atoms with Crippen LogP contribution >= 0.6 is 0 Å². The molecule has 2 atom stereocenters. The quantitative estimate of drug-likeness (QED) is 0.763. The van der Waals surface area contributed by atoms with Gasteiger partial charge in [-0.1, -0.05) is 54.6 Å². The molecule has 2 nitrogen and oxygen atoms in total. The number of benzene rings is 2. The fourth-order valence-corrected chi connectivity index (χ4v) is 2.30. The number of rotatable bonds is 4. The van der Waals surface area contributed by atoms with Crippen molar-refractivity contribution < 1.29 is 9.53 Å². The van der Waals surface area contributed by atoms with Gasteiger partial charge in [-0.3, -0.25) is 4.79 Å². The molecule has 0 bridgehead atoms. The molecule has 18 heavy (non-hydrogen) atoms. The van der Waals surface area contributed by atoms with Crippen molar-refractivity contribution in [1.29, 1.82) is 0 Å². The van der Waals surface area contributed by atoms with Gasteiger partial charge in [-0.05, 0) is 23.1 Å². The highest BCUT2D eigenvalue weighted by Crippen LogP contribution is 2.43. The Labute approximate surface area is 106 Å². The largest absolute Gasteiger partial charge is 0.464 e. The average molecular weight is 238 g/mol. The molecule has 2 aromatic rings. The maximum Gasteiger partial charge on any atom is 0.293 e. The molecule has 0 N–H and O–H groups in total. The SMILES string of the molecule is O=CO[C@@H]1CC1c1ccc(-c2ccccc2)cc1. The van der Waals surface area contributed by atoms with Gasteiger partial charge in [-0.25, -0.2) is 0 Å². The van der Waals surface area contributed by atoms with E-state index in [2.05, 4.69) is 36.4 Å². The Morgan fingerprint density at radius 3 is 2.28 bits per heavy atom. The maximum absolute atomic E-state index is 10.2. The Morgan fingerprint density at radius 2 is 1.61 bits per heavy atom. The van der Waals surface area contributed by atoms with Crippen LogP contribution in [-0.2, 0) is 9.53 Å². The summed E-state index contributed by atoms with van der Waals surface area (Å²) in [5.41, 5.74) is 3.69. The summed E-state index contributed by atoms with van der Waals surface area (Å²) in [5, 5.41) is 0. The zero-order chi connectivity index (χ0) is 12.4. The number of carbonyl (C=O) groups is 1. The van der Waals surface area contributed by atoms with Crippen LogP contribution in [0.5, 0.6) is 0 Å². The van der Waals surface area contributed by atoms with Crippen molar-refractivity contribution in [3.05, 3.63) is 60.2 Å². The number of ether oxygens (including phenoxy) is 1. The van der Waals surface area contributed by atoms with Crippen molar-refractivity contribution in [3.8, 4) is 11.1 Å². The van der Waals surface area contributed by atoms with Crippen molar-refractivity contribution in [2.45, 2.75) is 18.4 Å². The van der Waals surface area contributed by atoms with Gasteiger partial charge in [0.2, 0.25) is 0 Å². The lowest BCUT2D eigenvalue weighted by molar-refractivity contribution is -0.129. The summed E-state index contributed by atoms with van der Waals surface area (Å²) in [6.45, 7) is 0.545. The fraction of sp³-hybridized carbons (Fsp3) is 0.188. The number of hydrogen-bond donors (Lipinski definition) is 0. The standard InChI is InChI=1S/C16H14O2/c17-11-18-16-10-15(16)14-8-6-13(7-9-14)12-4-2-1-3-5-12/h1-9,11,15-16H,10H2/t15?,16-/m1/s1. The Bertz CT molecular complexity index is 531. The van der Waals surface area contributed by atoms with Crippen LogP contribution in [0.15, 0.2) is 54.6 Å². The van der Waals surface area contributed by atoms with E-state index >= 15 is 0 Å². The predicted octanol–water partition coefficient (Wildman–Crippen LogP) is 3.38. The summed E-state index contributed by atoms with van der Waals surface area (Å²) in [6, 6.07) is 18.8. The summed E-state index contributed by atoms with van der Waals surface area (Å²) in [4.78, 5) is 10.2. The first kappa shape index (κ1) is 11.0. The third kappa shape index (κ3) is 2.14. The highest BCUT2D eigenvalue weighted by Gasteiger charge is 2.40. The normalized spacial score (nSPS) is 21.3. The topological polar surface area (TPSA) is 26.3 Å². The molecule has 0 aliphatic heterocycles. The van der Waals surface area contributed by atoms with Crippen LogP contribution in [0.2, 0.25) is 0 Å². The second-order valence-electron chi connectivity index (χ2n) is 4.60. The van der Waals surface area contributed by atoms with Gasteiger partial charge in [-0.15, -0.1) is 0 Å². The Kier molecular flexibility index (Phi) is 2.85. The Balaban J connectivity index is 1.76. The minimum absolute atomic E-state index is 0.0880. The van der Waals surface area contributed by atoms with Gasteiger partial charge in [0, 0.05) is 5.92 Å². The van der Waals surface area contributed by atoms with Gasteiger partial charge in [0.05, 0.1) is 0 Å². The number of hydrogen-bond acceptors (Lipinski definition) is 2. The van der Waals surface area contributed by atoms with Gasteiger partial charge in [0.25, 0.3) is 6.47 Å². The second-order valence-corrected chi connectivity index (χ2v) is 4.60. The zero-order valence-corrected chi connectivity index (χ0v) is 9.95. The van der Waals surface area contributed by atoms with E-state index in [0.29, 0.717) is 12.4 Å². The van der Waals surface area contributed by atoms with Crippen LogP contribution < -0.4 is 0 Å². The van der Waals surface area contributed by atoms with Crippen molar-refractivity contribution in [3.63, 3.8) is 0 Å². The molecule has 0 spiro atoms. The zero-order valence-electron chi connectivity index (χ0n) is 9.95. The minimum atomic E-state index is 0.0880. The minimum Gasteiger partial charge on any atom is -0.464 e. The van der Waals surface area contributed by atoms with Gasteiger partial charge in [-0.2, -0.15) is 0 Å². The molecule has 0 aromatic heterocycles. The molecule has 1 saturated carbocycles. The van der Waals surface area contributed by atoms with Crippen molar-refractivity contribution in [1.82, 2.24) is 0 Å². The molecule has 2 heteroatoms. The molecule has 90 valence electrons. The van der Waals surface area contributed by atoms with E-state index in [-0.39, 0.29) is 6.10 Å². The molecule has 2 aromatic carbocycles. The lowest BCUT2D eigenvalue weighted by Crippen LogP contribution is -1.93. The molecule has 3 rings (SSSR count). The van der Waals surface area contributed by atoms with E-state index in [4.69, 9.17) is 4.74 Å².